The number of carbonyl (C=O) groups is 1. The topological polar surface area (TPSA) is 89.3 Å². The molecule has 0 bridgehead atoms. The first-order chi connectivity index (χ1) is 14.8. The normalized spacial score (nSPS) is 20.3. The fourth-order valence-electron chi connectivity index (χ4n) is 4.17. The first-order valence-corrected chi connectivity index (χ1v) is 11.3. The average Bonchev–Trinajstić information content (AvgIpc) is 3.51. The van der Waals surface area contributed by atoms with Gasteiger partial charge in [-0.25, -0.2) is 9.67 Å². The number of likely N-dealkylation sites (tertiary alicyclic amines) is 1. The summed E-state index contributed by atoms with van der Waals surface area (Å²) in [5, 5.41) is 13.1. The van der Waals surface area contributed by atoms with Crippen molar-refractivity contribution in [3.63, 3.8) is 0 Å². The molecule has 5 rings (SSSR count). The number of ether oxygens (including phenoxy) is 1. The molecule has 2 fully saturated rings. The molecule has 9 nitrogen and oxygen atoms in total. The molecule has 2 aromatic heterocycles. The molecule has 1 aromatic carbocycles. The predicted octanol–water partition coefficient (Wildman–Crippen LogP) is 1.87. The summed E-state index contributed by atoms with van der Waals surface area (Å²) in [4.78, 5) is 22.1. The van der Waals surface area contributed by atoms with Gasteiger partial charge in [-0.3, -0.25) is 9.69 Å². The molecule has 4 heterocycles. The molecule has 0 radical (unpaired) electrons. The van der Waals surface area contributed by atoms with Gasteiger partial charge in [-0.1, -0.05) is 12.1 Å². The molecule has 3 aromatic rings. The van der Waals surface area contributed by atoms with Gasteiger partial charge in [0.25, 0.3) is 0 Å². The van der Waals surface area contributed by atoms with Gasteiger partial charge in [0.1, 0.15) is 5.01 Å². The Morgan fingerprint density at radius 1 is 1.20 bits per heavy atom. The van der Waals surface area contributed by atoms with Crippen LogP contribution in [0.25, 0.3) is 10.2 Å². The minimum atomic E-state index is 0.0802. The van der Waals surface area contributed by atoms with E-state index in [1.807, 2.05) is 23.1 Å². The van der Waals surface area contributed by atoms with Crippen molar-refractivity contribution in [3.05, 3.63) is 35.1 Å². The van der Waals surface area contributed by atoms with Gasteiger partial charge in [-0.2, -0.15) is 0 Å². The summed E-state index contributed by atoms with van der Waals surface area (Å²) < 4.78 is 8.33. The van der Waals surface area contributed by atoms with Crippen molar-refractivity contribution in [3.8, 4) is 0 Å². The zero-order valence-corrected chi connectivity index (χ0v) is 17.6. The highest BCUT2D eigenvalue weighted by Crippen LogP contribution is 2.36. The third kappa shape index (κ3) is 4.07. The van der Waals surface area contributed by atoms with Crippen molar-refractivity contribution in [2.75, 3.05) is 32.8 Å². The summed E-state index contributed by atoms with van der Waals surface area (Å²) in [6.45, 7) is 5.20. The second-order valence-electron chi connectivity index (χ2n) is 7.72. The third-order valence-electron chi connectivity index (χ3n) is 5.78. The van der Waals surface area contributed by atoms with E-state index in [-0.39, 0.29) is 11.9 Å². The molecule has 0 spiro atoms. The van der Waals surface area contributed by atoms with Crippen molar-refractivity contribution >= 4 is 27.5 Å². The minimum Gasteiger partial charge on any atom is -0.379 e. The van der Waals surface area contributed by atoms with E-state index in [1.54, 1.807) is 16.0 Å². The summed E-state index contributed by atoms with van der Waals surface area (Å²) in [5.41, 5.74) is 1.01. The van der Waals surface area contributed by atoms with E-state index < -0.39 is 0 Å². The summed E-state index contributed by atoms with van der Waals surface area (Å²) >= 11 is 1.70. The Morgan fingerprint density at radius 2 is 2.07 bits per heavy atom. The van der Waals surface area contributed by atoms with Crippen LogP contribution in [0.2, 0.25) is 0 Å². The molecule has 2 aliphatic heterocycles. The van der Waals surface area contributed by atoms with Gasteiger partial charge in [0, 0.05) is 26.1 Å². The van der Waals surface area contributed by atoms with E-state index in [0.717, 1.165) is 62.0 Å². The van der Waals surface area contributed by atoms with Gasteiger partial charge in [-0.05, 0) is 35.4 Å². The summed E-state index contributed by atoms with van der Waals surface area (Å²) in [5.74, 6) is 0.943. The van der Waals surface area contributed by atoms with Crippen LogP contribution in [-0.4, -0.2) is 73.7 Å². The standard InChI is InChI=1S/C20H25N7O2S/c28-19(7-9-27-18(22-23-24-27)14-25-10-12-29-13-11-25)26-8-3-5-16(26)20-21-15-4-1-2-6-17(15)30-20/h1-2,4,6,16H,3,5,7-14H2/t16-/m1/s1. The van der Waals surface area contributed by atoms with Crippen molar-refractivity contribution in [2.24, 2.45) is 0 Å². The third-order valence-corrected chi connectivity index (χ3v) is 6.92. The molecule has 0 saturated carbocycles. The number of para-hydroxylation sites is 1. The van der Waals surface area contributed by atoms with Crippen LogP contribution in [0.15, 0.2) is 24.3 Å². The zero-order chi connectivity index (χ0) is 20.3. The quantitative estimate of drug-likeness (QED) is 0.593. The van der Waals surface area contributed by atoms with Crippen molar-refractivity contribution in [1.82, 2.24) is 35.0 Å². The molecule has 1 amide bonds. The fourth-order valence-corrected chi connectivity index (χ4v) is 5.28. The highest BCUT2D eigenvalue weighted by atomic mass is 32.1. The molecule has 1 atom stereocenters. The van der Waals surface area contributed by atoms with Crippen LogP contribution >= 0.6 is 11.3 Å². The monoisotopic (exact) mass is 427 g/mol. The lowest BCUT2D eigenvalue weighted by atomic mass is 10.2. The minimum absolute atomic E-state index is 0.0802. The number of amides is 1. The lowest BCUT2D eigenvalue weighted by Gasteiger charge is -2.26. The summed E-state index contributed by atoms with van der Waals surface area (Å²) in [7, 11) is 0. The van der Waals surface area contributed by atoms with E-state index >= 15 is 0 Å². The van der Waals surface area contributed by atoms with Gasteiger partial charge < -0.3 is 9.64 Å². The molecule has 158 valence electrons. The van der Waals surface area contributed by atoms with Gasteiger partial charge in [0.05, 0.1) is 42.6 Å². The van der Waals surface area contributed by atoms with Gasteiger partial charge >= 0.3 is 0 Å². The maximum atomic E-state index is 13.0. The zero-order valence-electron chi connectivity index (χ0n) is 16.8. The summed E-state index contributed by atoms with van der Waals surface area (Å²) in [6.07, 6.45) is 2.38. The molecular weight excluding hydrogens is 402 g/mol. The molecule has 10 heteroatoms. The average molecular weight is 428 g/mol. The Morgan fingerprint density at radius 3 is 2.93 bits per heavy atom. The molecular formula is C20H25N7O2S. The highest BCUT2D eigenvalue weighted by molar-refractivity contribution is 7.18. The van der Waals surface area contributed by atoms with Crippen LogP contribution in [0.3, 0.4) is 0 Å². The first kappa shape index (κ1) is 19.5. The second kappa shape index (κ2) is 8.75. The van der Waals surface area contributed by atoms with E-state index in [9.17, 15) is 4.79 Å². The number of tetrazole rings is 1. The number of fused-ring (bicyclic) bond motifs is 1. The number of nitrogens with zero attached hydrogens (tertiary/aromatic N) is 7. The van der Waals surface area contributed by atoms with Crippen LogP contribution in [-0.2, 0) is 22.6 Å². The number of carbonyl (C=O) groups excluding carboxylic acids is 1. The molecule has 2 aliphatic rings. The second-order valence-corrected chi connectivity index (χ2v) is 8.78. The van der Waals surface area contributed by atoms with Crippen molar-refractivity contribution < 1.29 is 9.53 Å². The Labute approximate surface area is 178 Å². The number of morpholine rings is 1. The van der Waals surface area contributed by atoms with Crippen LogP contribution in [0, 0.1) is 0 Å². The number of rotatable bonds is 6. The van der Waals surface area contributed by atoms with Crippen LogP contribution in [0.1, 0.15) is 36.1 Å². The van der Waals surface area contributed by atoms with E-state index in [1.165, 1.54) is 4.70 Å². The molecule has 2 saturated heterocycles. The number of hydrogen-bond donors (Lipinski definition) is 0. The Hall–Kier alpha value is -2.43. The van der Waals surface area contributed by atoms with Crippen molar-refractivity contribution in [2.45, 2.75) is 38.4 Å². The lowest BCUT2D eigenvalue weighted by molar-refractivity contribution is -0.132. The number of benzene rings is 1. The summed E-state index contributed by atoms with van der Waals surface area (Å²) in [6, 6.07) is 8.23. The number of aryl methyl sites for hydroxylation is 1. The SMILES string of the molecule is O=C(CCn1nnnc1CN1CCOCC1)N1CCC[C@@H]1c1nc2ccccc2s1. The molecule has 0 aliphatic carbocycles. The molecule has 0 unspecified atom stereocenters. The maximum Gasteiger partial charge on any atom is 0.225 e. The van der Waals surface area contributed by atoms with Gasteiger partial charge in [0.2, 0.25) is 5.91 Å². The van der Waals surface area contributed by atoms with Crippen molar-refractivity contribution in [1.29, 1.82) is 0 Å². The largest absolute Gasteiger partial charge is 0.379 e. The first-order valence-electron chi connectivity index (χ1n) is 10.5. The van der Waals surface area contributed by atoms with Gasteiger partial charge in [-0.15, -0.1) is 16.4 Å². The Kier molecular flexibility index (Phi) is 5.69. The molecule has 0 N–H and O–H groups in total. The van der Waals surface area contributed by atoms with E-state index in [2.05, 4.69) is 26.5 Å². The Bertz CT molecular complexity index is 980. The van der Waals surface area contributed by atoms with Crippen LogP contribution < -0.4 is 0 Å². The predicted molar refractivity (Wildman–Crippen MR) is 112 cm³/mol. The van der Waals surface area contributed by atoms with Crippen LogP contribution in [0.5, 0.6) is 0 Å². The van der Waals surface area contributed by atoms with Crippen LogP contribution in [0.4, 0.5) is 0 Å². The number of aromatic nitrogens is 5. The Balaban J connectivity index is 1.23. The highest BCUT2D eigenvalue weighted by Gasteiger charge is 2.32. The number of hydrogen-bond acceptors (Lipinski definition) is 8. The maximum absolute atomic E-state index is 13.0. The molecule has 30 heavy (non-hydrogen) atoms. The smallest absolute Gasteiger partial charge is 0.225 e. The van der Waals surface area contributed by atoms with Gasteiger partial charge in [0.15, 0.2) is 5.82 Å². The number of thiazole rings is 1. The lowest BCUT2D eigenvalue weighted by Crippen LogP contribution is -2.36. The fraction of sp³-hybridized carbons (Fsp3) is 0.550. The van der Waals surface area contributed by atoms with E-state index in [0.29, 0.717) is 19.5 Å². The van der Waals surface area contributed by atoms with E-state index in [4.69, 9.17) is 9.72 Å².